The van der Waals surface area contributed by atoms with Crippen LogP contribution in [0.4, 0.5) is 5.69 Å². The number of carbonyl (C=O) groups is 1. The molecule has 0 bridgehead atoms. The molecule has 1 amide bonds. The van der Waals surface area contributed by atoms with Crippen LogP contribution in [0.25, 0.3) is 0 Å². The quantitative estimate of drug-likeness (QED) is 0.521. The Balaban J connectivity index is 2.01. The fourth-order valence-corrected chi connectivity index (χ4v) is 3.45. The zero-order chi connectivity index (χ0) is 17.7. The molecule has 0 unspecified atom stereocenters. The van der Waals surface area contributed by atoms with Crippen LogP contribution in [0.2, 0.25) is 15.1 Å². The van der Waals surface area contributed by atoms with E-state index in [1.165, 1.54) is 23.9 Å². The SMILES string of the molecule is CCCn1c(CC)nnc1SCC(=O)Nc1cc(Cl)c(Cl)cc1Cl. The Hall–Kier alpha value is -0.950. The normalized spacial score (nSPS) is 10.9. The maximum Gasteiger partial charge on any atom is 0.234 e. The third-order valence-electron chi connectivity index (χ3n) is 3.17. The molecule has 0 aliphatic rings. The third kappa shape index (κ3) is 4.79. The van der Waals surface area contributed by atoms with Crippen molar-refractivity contribution in [3.05, 3.63) is 33.0 Å². The molecule has 0 aliphatic carbocycles. The number of amides is 1. The Morgan fingerprint density at radius 1 is 1.17 bits per heavy atom. The van der Waals surface area contributed by atoms with Gasteiger partial charge in [-0.05, 0) is 18.6 Å². The number of nitrogens with one attached hydrogen (secondary N) is 1. The van der Waals surface area contributed by atoms with E-state index in [4.69, 9.17) is 34.8 Å². The van der Waals surface area contributed by atoms with Gasteiger partial charge in [0.15, 0.2) is 5.16 Å². The molecule has 0 spiro atoms. The summed E-state index contributed by atoms with van der Waals surface area (Å²) in [5.41, 5.74) is 0.431. The molecule has 5 nitrogen and oxygen atoms in total. The largest absolute Gasteiger partial charge is 0.324 e. The van der Waals surface area contributed by atoms with E-state index in [-0.39, 0.29) is 11.7 Å². The van der Waals surface area contributed by atoms with Crippen molar-refractivity contribution in [1.29, 1.82) is 0 Å². The molecule has 9 heteroatoms. The van der Waals surface area contributed by atoms with Crippen LogP contribution >= 0.6 is 46.6 Å². The smallest absolute Gasteiger partial charge is 0.234 e. The minimum atomic E-state index is -0.204. The lowest BCUT2D eigenvalue weighted by atomic mass is 10.3. The van der Waals surface area contributed by atoms with Crippen molar-refractivity contribution in [2.24, 2.45) is 0 Å². The highest BCUT2D eigenvalue weighted by molar-refractivity contribution is 7.99. The molecule has 0 radical (unpaired) electrons. The first-order chi connectivity index (χ1) is 11.5. The van der Waals surface area contributed by atoms with Gasteiger partial charge in [0, 0.05) is 13.0 Å². The van der Waals surface area contributed by atoms with Crippen molar-refractivity contribution in [3.8, 4) is 0 Å². The van der Waals surface area contributed by atoms with Crippen molar-refractivity contribution >= 4 is 58.2 Å². The summed E-state index contributed by atoms with van der Waals surface area (Å²) in [6, 6.07) is 3.03. The van der Waals surface area contributed by atoms with E-state index in [0.717, 1.165) is 30.4 Å². The highest BCUT2D eigenvalue weighted by Gasteiger charge is 2.14. The topological polar surface area (TPSA) is 59.8 Å². The van der Waals surface area contributed by atoms with Crippen LogP contribution in [0.5, 0.6) is 0 Å². The van der Waals surface area contributed by atoms with Crippen LogP contribution in [0, 0.1) is 0 Å². The van der Waals surface area contributed by atoms with E-state index in [9.17, 15) is 4.79 Å². The van der Waals surface area contributed by atoms with E-state index in [2.05, 4.69) is 22.4 Å². The van der Waals surface area contributed by atoms with Gasteiger partial charge in [0.1, 0.15) is 5.82 Å². The van der Waals surface area contributed by atoms with Gasteiger partial charge in [-0.3, -0.25) is 4.79 Å². The van der Waals surface area contributed by atoms with Crippen LogP contribution in [0.3, 0.4) is 0 Å². The fraction of sp³-hybridized carbons (Fsp3) is 0.400. The van der Waals surface area contributed by atoms with Crippen LogP contribution < -0.4 is 5.32 Å². The summed E-state index contributed by atoms with van der Waals surface area (Å²) in [7, 11) is 0. The molecule has 2 rings (SSSR count). The number of benzene rings is 1. The second-order valence-electron chi connectivity index (χ2n) is 4.99. The third-order valence-corrected chi connectivity index (χ3v) is 5.17. The Bertz CT molecular complexity index is 736. The summed E-state index contributed by atoms with van der Waals surface area (Å²) in [6.07, 6.45) is 1.78. The molecule has 0 atom stereocenters. The van der Waals surface area contributed by atoms with Crippen molar-refractivity contribution in [2.75, 3.05) is 11.1 Å². The Kier molecular flexibility index (Phi) is 7.22. The number of rotatable bonds is 7. The number of halogens is 3. The van der Waals surface area contributed by atoms with Crippen molar-refractivity contribution in [3.63, 3.8) is 0 Å². The van der Waals surface area contributed by atoms with Crippen LogP contribution in [-0.2, 0) is 17.8 Å². The Morgan fingerprint density at radius 2 is 1.88 bits per heavy atom. The number of hydrogen-bond donors (Lipinski definition) is 1. The molecule has 1 heterocycles. The Labute approximate surface area is 160 Å². The first-order valence-electron chi connectivity index (χ1n) is 7.45. The van der Waals surface area contributed by atoms with Gasteiger partial charge in [0.25, 0.3) is 0 Å². The summed E-state index contributed by atoms with van der Waals surface area (Å²) in [6.45, 7) is 4.95. The lowest BCUT2D eigenvalue weighted by Crippen LogP contribution is -2.15. The summed E-state index contributed by atoms with van der Waals surface area (Å²) < 4.78 is 2.05. The van der Waals surface area contributed by atoms with Crippen molar-refractivity contribution in [2.45, 2.75) is 38.4 Å². The molecular formula is C15H17Cl3N4OS. The van der Waals surface area contributed by atoms with Gasteiger partial charge >= 0.3 is 0 Å². The molecule has 2 aromatic rings. The van der Waals surface area contributed by atoms with Gasteiger partial charge in [-0.1, -0.05) is 60.4 Å². The minimum Gasteiger partial charge on any atom is -0.324 e. The van der Waals surface area contributed by atoms with E-state index < -0.39 is 0 Å². The lowest BCUT2D eigenvalue weighted by molar-refractivity contribution is -0.113. The predicted octanol–water partition coefficient (Wildman–Crippen LogP) is 4.94. The van der Waals surface area contributed by atoms with Crippen LogP contribution in [0.15, 0.2) is 17.3 Å². The first-order valence-corrected chi connectivity index (χ1v) is 9.57. The highest BCUT2D eigenvalue weighted by Crippen LogP contribution is 2.32. The summed E-state index contributed by atoms with van der Waals surface area (Å²) in [4.78, 5) is 12.2. The van der Waals surface area contributed by atoms with Gasteiger partial charge < -0.3 is 9.88 Å². The van der Waals surface area contributed by atoms with Gasteiger partial charge in [0.05, 0.1) is 26.5 Å². The average molecular weight is 408 g/mol. The fourth-order valence-electron chi connectivity index (χ4n) is 2.07. The second kappa shape index (κ2) is 8.94. The molecule has 24 heavy (non-hydrogen) atoms. The zero-order valence-corrected chi connectivity index (χ0v) is 16.4. The van der Waals surface area contributed by atoms with Crippen LogP contribution in [0.1, 0.15) is 26.1 Å². The number of anilines is 1. The monoisotopic (exact) mass is 406 g/mol. The average Bonchev–Trinajstić information content (AvgIpc) is 2.93. The lowest BCUT2D eigenvalue weighted by Gasteiger charge is -2.09. The van der Waals surface area contributed by atoms with E-state index >= 15 is 0 Å². The van der Waals surface area contributed by atoms with Gasteiger partial charge in [0.2, 0.25) is 5.91 Å². The number of nitrogens with zero attached hydrogens (tertiary/aromatic N) is 3. The zero-order valence-electron chi connectivity index (χ0n) is 13.3. The molecule has 0 saturated heterocycles. The summed E-state index contributed by atoms with van der Waals surface area (Å²) in [5.74, 6) is 0.916. The maximum atomic E-state index is 12.2. The summed E-state index contributed by atoms with van der Waals surface area (Å²) in [5, 5.41) is 12.8. The first kappa shape index (κ1) is 19.4. The standard InChI is InChI=1S/C15H17Cl3N4OS/c1-3-5-22-13(4-2)20-21-15(22)24-8-14(23)19-12-7-10(17)9(16)6-11(12)18/h6-7H,3-5,8H2,1-2H3,(H,19,23). The molecule has 0 aliphatic heterocycles. The van der Waals surface area contributed by atoms with Gasteiger partial charge in [-0.15, -0.1) is 10.2 Å². The van der Waals surface area contributed by atoms with Gasteiger partial charge in [-0.2, -0.15) is 0 Å². The number of aromatic nitrogens is 3. The Morgan fingerprint density at radius 3 is 2.54 bits per heavy atom. The van der Waals surface area contributed by atoms with E-state index in [0.29, 0.717) is 20.8 Å². The van der Waals surface area contributed by atoms with E-state index in [1.807, 2.05) is 11.5 Å². The predicted molar refractivity (Wildman–Crippen MR) is 101 cm³/mol. The molecule has 130 valence electrons. The summed E-state index contributed by atoms with van der Waals surface area (Å²) >= 11 is 19.2. The molecule has 1 aromatic heterocycles. The molecular weight excluding hydrogens is 391 g/mol. The maximum absolute atomic E-state index is 12.2. The molecule has 0 fully saturated rings. The minimum absolute atomic E-state index is 0.197. The second-order valence-corrected chi connectivity index (χ2v) is 7.15. The number of carbonyl (C=O) groups excluding carboxylic acids is 1. The van der Waals surface area contributed by atoms with Crippen molar-refractivity contribution < 1.29 is 4.79 Å². The van der Waals surface area contributed by atoms with Gasteiger partial charge in [-0.25, -0.2) is 0 Å². The molecule has 1 aromatic carbocycles. The highest BCUT2D eigenvalue weighted by atomic mass is 35.5. The molecule has 1 N–H and O–H groups in total. The van der Waals surface area contributed by atoms with Crippen molar-refractivity contribution in [1.82, 2.24) is 14.8 Å². The van der Waals surface area contributed by atoms with E-state index in [1.54, 1.807) is 0 Å². The number of hydrogen-bond acceptors (Lipinski definition) is 4. The number of aryl methyl sites for hydroxylation is 1. The molecule has 0 saturated carbocycles. The number of thioether (sulfide) groups is 1. The van der Waals surface area contributed by atoms with Crippen LogP contribution in [-0.4, -0.2) is 26.4 Å².